The number of hydrogen-bond acceptors (Lipinski definition) is 4. The van der Waals surface area contributed by atoms with E-state index in [0.29, 0.717) is 6.61 Å². The Morgan fingerprint density at radius 1 is 1.39 bits per heavy atom. The van der Waals surface area contributed by atoms with Crippen LogP contribution in [0, 0.1) is 13.8 Å². The van der Waals surface area contributed by atoms with Gasteiger partial charge in [0.05, 0.1) is 17.9 Å². The van der Waals surface area contributed by atoms with Crippen LogP contribution in [0.15, 0.2) is 5.16 Å². The first-order valence-corrected chi connectivity index (χ1v) is 7.21. The van der Waals surface area contributed by atoms with Crippen LogP contribution in [0.3, 0.4) is 0 Å². The third kappa shape index (κ3) is 4.63. The molecule has 0 saturated heterocycles. The van der Waals surface area contributed by atoms with Crippen LogP contribution < -0.4 is 0 Å². The Bertz CT molecular complexity index is 383. The lowest BCUT2D eigenvalue weighted by Crippen LogP contribution is -2.19. The number of nitrogens with zero attached hydrogens (tertiary/aromatic N) is 2. The molecule has 0 unspecified atom stereocenters. The van der Waals surface area contributed by atoms with Crippen LogP contribution in [0.2, 0.25) is 0 Å². The molecule has 0 spiro atoms. The lowest BCUT2D eigenvalue weighted by Gasteiger charge is -2.16. The van der Waals surface area contributed by atoms with Gasteiger partial charge in [-0.1, -0.05) is 11.8 Å². The first-order valence-electron chi connectivity index (χ1n) is 6.23. The average Bonchev–Trinajstić information content (AvgIpc) is 2.51. The standard InChI is InChI=1S/C13H24N2O2S/c1-10-11(2)15(7-8-17-5)12(14-10)18-9-6-13(3,4)16/h16H,6-9H2,1-5H3. The summed E-state index contributed by atoms with van der Waals surface area (Å²) in [5.41, 5.74) is 1.65. The number of rotatable bonds is 7. The van der Waals surface area contributed by atoms with Gasteiger partial charge in [0, 0.05) is 25.1 Å². The Kier molecular flexibility index (Phi) is 5.69. The minimum absolute atomic E-state index is 0.610. The molecule has 1 aromatic heterocycles. The van der Waals surface area contributed by atoms with E-state index in [2.05, 4.69) is 16.5 Å². The van der Waals surface area contributed by atoms with Crippen LogP contribution in [-0.4, -0.2) is 39.7 Å². The Morgan fingerprint density at radius 3 is 2.61 bits per heavy atom. The van der Waals surface area contributed by atoms with Gasteiger partial charge in [0.15, 0.2) is 5.16 Å². The van der Waals surface area contributed by atoms with E-state index in [4.69, 9.17) is 4.74 Å². The van der Waals surface area contributed by atoms with Gasteiger partial charge in [-0.15, -0.1) is 0 Å². The highest BCUT2D eigenvalue weighted by molar-refractivity contribution is 7.99. The second kappa shape index (κ2) is 6.59. The van der Waals surface area contributed by atoms with E-state index in [1.54, 1.807) is 18.9 Å². The number of aromatic nitrogens is 2. The molecular weight excluding hydrogens is 248 g/mol. The van der Waals surface area contributed by atoms with Gasteiger partial charge in [-0.25, -0.2) is 4.98 Å². The summed E-state index contributed by atoms with van der Waals surface area (Å²) in [6.07, 6.45) is 0.757. The molecule has 0 radical (unpaired) electrons. The zero-order valence-electron chi connectivity index (χ0n) is 12.0. The van der Waals surface area contributed by atoms with Crippen LogP contribution >= 0.6 is 11.8 Å². The van der Waals surface area contributed by atoms with Gasteiger partial charge in [0.25, 0.3) is 0 Å². The lowest BCUT2D eigenvalue weighted by atomic mass is 10.1. The van der Waals surface area contributed by atoms with Crippen molar-refractivity contribution in [3.05, 3.63) is 11.4 Å². The van der Waals surface area contributed by atoms with E-state index in [1.807, 2.05) is 20.8 Å². The number of aliphatic hydroxyl groups is 1. The minimum atomic E-state index is -0.610. The molecule has 0 fully saturated rings. The highest BCUT2D eigenvalue weighted by atomic mass is 32.2. The number of ether oxygens (including phenoxy) is 1. The minimum Gasteiger partial charge on any atom is -0.390 e. The van der Waals surface area contributed by atoms with E-state index in [-0.39, 0.29) is 0 Å². The van der Waals surface area contributed by atoms with Gasteiger partial charge in [0.1, 0.15) is 0 Å². The number of imidazole rings is 1. The molecule has 0 saturated carbocycles. The van der Waals surface area contributed by atoms with Gasteiger partial charge < -0.3 is 14.4 Å². The van der Waals surface area contributed by atoms with Crippen molar-refractivity contribution >= 4 is 11.8 Å². The molecule has 0 aliphatic carbocycles. The lowest BCUT2D eigenvalue weighted by molar-refractivity contribution is 0.0777. The summed E-state index contributed by atoms with van der Waals surface area (Å²) >= 11 is 1.70. The number of aryl methyl sites for hydroxylation is 1. The normalized spacial score (nSPS) is 12.1. The molecule has 18 heavy (non-hydrogen) atoms. The quantitative estimate of drug-likeness (QED) is 0.774. The molecule has 1 heterocycles. The van der Waals surface area contributed by atoms with Gasteiger partial charge >= 0.3 is 0 Å². The van der Waals surface area contributed by atoms with E-state index < -0.39 is 5.60 Å². The van der Waals surface area contributed by atoms with Crippen LogP contribution in [0.25, 0.3) is 0 Å². The maximum Gasteiger partial charge on any atom is 0.168 e. The van der Waals surface area contributed by atoms with Crippen LogP contribution in [-0.2, 0) is 11.3 Å². The molecule has 0 amide bonds. The number of hydrogen-bond donors (Lipinski definition) is 1. The highest BCUT2D eigenvalue weighted by Gasteiger charge is 2.15. The Hall–Kier alpha value is -0.520. The monoisotopic (exact) mass is 272 g/mol. The first kappa shape index (κ1) is 15.5. The van der Waals surface area contributed by atoms with Crippen molar-refractivity contribution in [1.82, 2.24) is 9.55 Å². The summed E-state index contributed by atoms with van der Waals surface area (Å²) in [7, 11) is 1.71. The zero-order chi connectivity index (χ0) is 13.8. The van der Waals surface area contributed by atoms with Crippen molar-refractivity contribution in [3.63, 3.8) is 0 Å². The predicted octanol–water partition coefficient (Wildman–Crippen LogP) is 2.40. The molecule has 0 aromatic carbocycles. The summed E-state index contributed by atoms with van der Waals surface area (Å²) < 4.78 is 7.31. The molecule has 0 aliphatic rings. The first-order chi connectivity index (χ1) is 8.35. The Morgan fingerprint density at radius 2 is 2.06 bits per heavy atom. The summed E-state index contributed by atoms with van der Waals surface area (Å²) in [5.74, 6) is 0.867. The van der Waals surface area contributed by atoms with E-state index >= 15 is 0 Å². The number of methoxy groups -OCH3 is 1. The molecule has 0 aliphatic heterocycles. The summed E-state index contributed by atoms with van der Waals surface area (Å²) in [4.78, 5) is 4.57. The Labute approximate surface area is 114 Å². The van der Waals surface area contributed by atoms with Crippen LogP contribution in [0.1, 0.15) is 31.7 Å². The average molecular weight is 272 g/mol. The predicted molar refractivity (Wildman–Crippen MR) is 75.2 cm³/mol. The fraction of sp³-hybridized carbons (Fsp3) is 0.769. The second-order valence-electron chi connectivity index (χ2n) is 5.12. The molecule has 1 rings (SSSR count). The molecular formula is C13H24N2O2S. The second-order valence-corrected chi connectivity index (χ2v) is 6.18. The number of thioether (sulfide) groups is 1. The Balaban J connectivity index is 2.66. The summed E-state index contributed by atoms with van der Waals surface area (Å²) in [6, 6.07) is 0. The maximum absolute atomic E-state index is 9.71. The van der Waals surface area contributed by atoms with E-state index in [0.717, 1.165) is 29.6 Å². The summed E-state index contributed by atoms with van der Waals surface area (Å²) in [6.45, 7) is 9.29. The van der Waals surface area contributed by atoms with Crippen LogP contribution in [0.4, 0.5) is 0 Å². The molecule has 1 aromatic rings. The van der Waals surface area contributed by atoms with Crippen molar-refractivity contribution < 1.29 is 9.84 Å². The fourth-order valence-corrected chi connectivity index (χ4v) is 2.94. The summed E-state index contributed by atoms with van der Waals surface area (Å²) in [5, 5.41) is 10.7. The van der Waals surface area contributed by atoms with Gasteiger partial charge in [0.2, 0.25) is 0 Å². The molecule has 5 heteroatoms. The fourth-order valence-electron chi connectivity index (χ4n) is 1.57. The van der Waals surface area contributed by atoms with Gasteiger partial charge in [-0.2, -0.15) is 0 Å². The molecule has 4 nitrogen and oxygen atoms in total. The van der Waals surface area contributed by atoms with Crippen LogP contribution in [0.5, 0.6) is 0 Å². The van der Waals surface area contributed by atoms with E-state index in [9.17, 15) is 5.11 Å². The smallest absolute Gasteiger partial charge is 0.168 e. The highest BCUT2D eigenvalue weighted by Crippen LogP contribution is 2.23. The largest absolute Gasteiger partial charge is 0.390 e. The molecule has 104 valence electrons. The van der Waals surface area contributed by atoms with Gasteiger partial charge in [-0.05, 0) is 34.1 Å². The zero-order valence-corrected chi connectivity index (χ0v) is 12.8. The SMILES string of the molecule is COCCn1c(SCCC(C)(C)O)nc(C)c1C. The molecule has 0 atom stereocenters. The van der Waals surface area contributed by atoms with Crippen molar-refractivity contribution in [2.45, 2.75) is 51.4 Å². The third-order valence-electron chi connectivity index (χ3n) is 2.89. The van der Waals surface area contributed by atoms with Crippen molar-refractivity contribution in [2.75, 3.05) is 19.5 Å². The van der Waals surface area contributed by atoms with E-state index in [1.165, 1.54) is 5.69 Å². The third-order valence-corrected chi connectivity index (χ3v) is 3.86. The molecule has 0 bridgehead atoms. The van der Waals surface area contributed by atoms with Gasteiger partial charge in [-0.3, -0.25) is 0 Å². The maximum atomic E-state index is 9.71. The molecule has 1 N–H and O–H groups in total. The van der Waals surface area contributed by atoms with Crippen molar-refractivity contribution in [2.24, 2.45) is 0 Å². The van der Waals surface area contributed by atoms with Crippen molar-refractivity contribution in [1.29, 1.82) is 0 Å². The topological polar surface area (TPSA) is 47.3 Å². The van der Waals surface area contributed by atoms with Crippen molar-refractivity contribution in [3.8, 4) is 0 Å².